The Kier molecular flexibility index (Phi) is 2.88. The monoisotopic (exact) mass is 253 g/mol. The average molecular weight is 253 g/mol. The Hall–Kier alpha value is -1.67. The minimum absolute atomic E-state index is 1.07. The Labute approximate surface area is 112 Å². The van der Waals surface area contributed by atoms with Crippen molar-refractivity contribution in [1.82, 2.24) is 0 Å². The lowest BCUT2D eigenvalue weighted by molar-refractivity contribution is 1.13. The van der Waals surface area contributed by atoms with E-state index < -0.39 is 0 Å². The molecular weight excluding hydrogens is 238 g/mol. The summed E-state index contributed by atoms with van der Waals surface area (Å²) in [6.07, 6.45) is 2.98. The summed E-state index contributed by atoms with van der Waals surface area (Å²) >= 11 is 1.82. The van der Waals surface area contributed by atoms with Gasteiger partial charge < -0.3 is 5.32 Å². The number of benzene rings is 2. The molecule has 1 nitrogen and oxygen atoms in total. The molecule has 0 aromatic heterocycles. The first kappa shape index (κ1) is 11.4. The normalized spacial score (nSPS) is 12.3. The van der Waals surface area contributed by atoms with Gasteiger partial charge in [0, 0.05) is 9.79 Å². The summed E-state index contributed by atoms with van der Waals surface area (Å²) in [7, 11) is 0. The van der Waals surface area contributed by atoms with Gasteiger partial charge in [-0.1, -0.05) is 49.5 Å². The number of hydrogen-bond acceptors (Lipinski definition) is 2. The molecule has 1 aliphatic heterocycles. The molecule has 2 heteroatoms. The summed E-state index contributed by atoms with van der Waals surface area (Å²) in [5.41, 5.74) is 4.95. The van der Waals surface area contributed by atoms with Gasteiger partial charge in [0.1, 0.15) is 0 Å². The highest BCUT2D eigenvalue weighted by atomic mass is 32.2. The van der Waals surface area contributed by atoms with E-state index in [4.69, 9.17) is 0 Å². The number of nitrogens with one attached hydrogen (secondary N) is 1. The molecule has 2 aromatic rings. The minimum Gasteiger partial charge on any atom is -0.354 e. The first-order chi connectivity index (χ1) is 8.81. The molecule has 0 saturated carbocycles. The van der Waals surface area contributed by atoms with Crippen LogP contribution in [0.4, 0.5) is 11.4 Å². The van der Waals surface area contributed by atoms with Crippen molar-refractivity contribution in [3.8, 4) is 0 Å². The van der Waals surface area contributed by atoms with Gasteiger partial charge in [0.05, 0.1) is 11.4 Å². The zero-order valence-electron chi connectivity index (χ0n) is 10.4. The number of hydrogen-bond donors (Lipinski definition) is 1. The number of rotatable bonds is 2. The molecule has 1 heterocycles. The number of fused-ring (bicyclic) bond motifs is 2. The van der Waals surface area contributed by atoms with Crippen LogP contribution in [0, 0.1) is 0 Å². The first-order valence-electron chi connectivity index (χ1n) is 6.15. The van der Waals surface area contributed by atoms with Gasteiger partial charge >= 0.3 is 0 Å². The van der Waals surface area contributed by atoms with Crippen molar-refractivity contribution < 1.29 is 0 Å². The van der Waals surface area contributed by atoms with Gasteiger partial charge in [-0.05, 0) is 35.7 Å². The molecule has 0 unspecified atom stereocenters. The summed E-state index contributed by atoms with van der Waals surface area (Å²) in [6.45, 7) is 6.06. The summed E-state index contributed by atoms with van der Waals surface area (Å²) < 4.78 is 0. The Morgan fingerprint density at radius 3 is 2.89 bits per heavy atom. The van der Waals surface area contributed by atoms with E-state index in [1.54, 1.807) is 0 Å². The summed E-state index contributed by atoms with van der Waals surface area (Å²) in [5.74, 6) is 0. The van der Waals surface area contributed by atoms with Crippen molar-refractivity contribution in [1.29, 1.82) is 0 Å². The van der Waals surface area contributed by atoms with Crippen molar-refractivity contribution in [2.24, 2.45) is 0 Å². The second-order valence-corrected chi connectivity index (χ2v) is 5.39. The molecular formula is C16H15NS. The van der Waals surface area contributed by atoms with Crippen LogP contribution in [0.1, 0.15) is 18.1 Å². The molecule has 1 aliphatic rings. The Balaban J connectivity index is 2.08. The molecule has 0 bridgehead atoms. The summed E-state index contributed by atoms with van der Waals surface area (Å²) in [5, 5.41) is 3.52. The van der Waals surface area contributed by atoms with E-state index in [1.165, 1.54) is 32.3 Å². The maximum atomic E-state index is 3.88. The highest BCUT2D eigenvalue weighted by Crippen LogP contribution is 2.46. The predicted molar refractivity (Wildman–Crippen MR) is 79.8 cm³/mol. The van der Waals surface area contributed by atoms with E-state index in [-0.39, 0.29) is 0 Å². The Bertz CT molecular complexity index is 616. The van der Waals surface area contributed by atoms with Crippen molar-refractivity contribution in [3.63, 3.8) is 0 Å². The van der Waals surface area contributed by atoms with Gasteiger partial charge in [0.15, 0.2) is 0 Å². The molecule has 0 saturated heterocycles. The van der Waals surface area contributed by atoms with Crippen molar-refractivity contribution in [3.05, 3.63) is 54.1 Å². The van der Waals surface area contributed by atoms with E-state index in [0.717, 1.165) is 6.42 Å². The van der Waals surface area contributed by atoms with Crippen LogP contribution in [0.25, 0.3) is 6.08 Å². The topological polar surface area (TPSA) is 12.0 Å². The molecule has 1 N–H and O–H groups in total. The highest BCUT2D eigenvalue weighted by Gasteiger charge is 2.17. The SMILES string of the molecule is C=Cc1cccc2c1Sc1ccc(CC)cc1N2. The zero-order valence-corrected chi connectivity index (χ0v) is 11.2. The predicted octanol–water partition coefficient (Wildman–Crippen LogP) is 5.10. The Morgan fingerprint density at radius 1 is 1.22 bits per heavy atom. The second-order valence-electron chi connectivity index (χ2n) is 4.34. The van der Waals surface area contributed by atoms with E-state index in [1.807, 2.05) is 17.8 Å². The Morgan fingerprint density at radius 2 is 2.11 bits per heavy atom. The standard InChI is InChI=1S/C16H15NS/c1-3-11-8-9-15-14(10-11)17-13-7-5-6-12(4-2)16(13)18-15/h4-10,17H,2-3H2,1H3. The van der Waals surface area contributed by atoms with Gasteiger partial charge in [-0.25, -0.2) is 0 Å². The lowest BCUT2D eigenvalue weighted by atomic mass is 10.1. The fraction of sp³-hybridized carbons (Fsp3) is 0.125. The number of anilines is 2. The largest absolute Gasteiger partial charge is 0.354 e. The maximum absolute atomic E-state index is 3.88. The van der Waals surface area contributed by atoms with Gasteiger partial charge in [-0.15, -0.1) is 0 Å². The van der Waals surface area contributed by atoms with Gasteiger partial charge in [-0.3, -0.25) is 0 Å². The molecule has 0 atom stereocenters. The molecule has 90 valence electrons. The molecule has 2 aromatic carbocycles. The van der Waals surface area contributed by atoms with Crippen LogP contribution >= 0.6 is 11.8 Å². The molecule has 0 fully saturated rings. The van der Waals surface area contributed by atoms with Crippen molar-refractivity contribution in [2.45, 2.75) is 23.1 Å². The van der Waals surface area contributed by atoms with Crippen LogP contribution in [0.2, 0.25) is 0 Å². The van der Waals surface area contributed by atoms with Crippen LogP contribution in [-0.4, -0.2) is 0 Å². The van der Waals surface area contributed by atoms with Gasteiger partial charge in [0.25, 0.3) is 0 Å². The van der Waals surface area contributed by atoms with Crippen LogP contribution in [0.3, 0.4) is 0 Å². The van der Waals surface area contributed by atoms with Crippen LogP contribution in [0.15, 0.2) is 52.8 Å². The third-order valence-electron chi connectivity index (χ3n) is 3.20. The van der Waals surface area contributed by atoms with Gasteiger partial charge in [0.2, 0.25) is 0 Å². The van der Waals surface area contributed by atoms with Crippen LogP contribution in [-0.2, 0) is 6.42 Å². The van der Waals surface area contributed by atoms with E-state index in [0.29, 0.717) is 0 Å². The third kappa shape index (κ3) is 1.83. The first-order valence-corrected chi connectivity index (χ1v) is 6.96. The zero-order chi connectivity index (χ0) is 12.5. The van der Waals surface area contributed by atoms with E-state index >= 15 is 0 Å². The third-order valence-corrected chi connectivity index (χ3v) is 4.43. The smallest absolute Gasteiger partial charge is 0.0532 e. The maximum Gasteiger partial charge on any atom is 0.0532 e. The fourth-order valence-corrected chi connectivity index (χ4v) is 3.24. The molecule has 18 heavy (non-hydrogen) atoms. The number of aryl methyl sites for hydroxylation is 1. The summed E-state index contributed by atoms with van der Waals surface area (Å²) in [4.78, 5) is 2.55. The molecule has 3 rings (SSSR count). The van der Waals surface area contributed by atoms with E-state index in [9.17, 15) is 0 Å². The van der Waals surface area contributed by atoms with E-state index in [2.05, 4.69) is 55.2 Å². The molecule has 0 radical (unpaired) electrons. The summed E-state index contributed by atoms with van der Waals surface area (Å²) in [6, 6.07) is 12.9. The second kappa shape index (κ2) is 4.54. The van der Waals surface area contributed by atoms with Crippen molar-refractivity contribution in [2.75, 3.05) is 5.32 Å². The molecule has 0 amide bonds. The minimum atomic E-state index is 1.07. The van der Waals surface area contributed by atoms with Gasteiger partial charge in [-0.2, -0.15) is 0 Å². The molecule has 0 aliphatic carbocycles. The highest BCUT2D eigenvalue weighted by molar-refractivity contribution is 7.99. The lowest BCUT2D eigenvalue weighted by Crippen LogP contribution is -2.01. The fourth-order valence-electron chi connectivity index (χ4n) is 2.17. The lowest BCUT2D eigenvalue weighted by Gasteiger charge is -2.22. The average Bonchev–Trinajstić information content (AvgIpc) is 2.43. The van der Waals surface area contributed by atoms with Crippen LogP contribution in [0.5, 0.6) is 0 Å². The van der Waals surface area contributed by atoms with Crippen LogP contribution < -0.4 is 5.32 Å². The van der Waals surface area contributed by atoms with Crippen molar-refractivity contribution >= 4 is 29.2 Å². The quantitative estimate of drug-likeness (QED) is 0.682. The molecule has 0 spiro atoms.